The Hall–Kier alpha value is -2.22. The number of ether oxygens (including phenoxy) is 2. The minimum absolute atomic E-state index is 0.0156. The van der Waals surface area contributed by atoms with E-state index >= 15 is 0 Å². The van der Waals surface area contributed by atoms with Gasteiger partial charge in [-0.15, -0.1) is 0 Å². The molecule has 2 atom stereocenters. The van der Waals surface area contributed by atoms with E-state index in [0.29, 0.717) is 17.4 Å². The molecule has 8 nitrogen and oxygen atoms in total. The zero-order chi connectivity index (χ0) is 42.0. The van der Waals surface area contributed by atoms with E-state index in [0.717, 1.165) is 38.5 Å². The van der Waals surface area contributed by atoms with Crippen molar-refractivity contribution >= 4 is 13.8 Å². The van der Waals surface area contributed by atoms with Gasteiger partial charge < -0.3 is 18.9 Å². The Morgan fingerprint density at radius 2 is 0.982 bits per heavy atom. The van der Waals surface area contributed by atoms with Gasteiger partial charge in [0, 0.05) is 6.42 Å². The van der Waals surface area contributed by atoms with Crippen LogP contribution in [0.3, 0.4) is 0 Å². The van der Waals surface area contributed by atoms with Crippen LogP contribution in [0.5, 0.6) is 0 Å². The van der Waals surface area contributed by atoms with Crippen molar-refractivity contribution in [3.8, 4) is 0 Å². The lowest BCUT2D eigenvalue weighted by Crippen LogP contribution is -2.37. The lowest BCUT2D eigenvalue weighted by Gasteiger charge is -2.24. The monoisotopic (exact) mass is 821 g/mol. The standard InChI is InChI=1S/C48H86NO7P/c1-6-8-10-12-14-16-18-20-22-24-25-26-27-29-31-33-35-37-39-41-48(50)56-47(46-55-57(51,52)54-44-42-49(3,4)5)45-53-43-40-38-36-34-32-30-28-23-21-19-17-15-13-11-9-7-2/h14,16,20,22,25-26,29,31,35,37,40,43,47H,6-13,15,17-19,21,23-24,27-28,30,32-34,36,38-39,41-42,44-46H2,1-5H3/p+1/b16-14-,22-20-,26-25-,31-29-,37-35-,43-40-. The first-order chi connectivity index (χ1) is 27.6. The number of esters is 1. The molecule has 0 aliphatic rings. The predicted molar refractivity (Wildman–Crippen MR) is 242 cm³/mol. The molecule has 0 aliphatic carbocycles. The van der Waals surface area contributed by atoms with Gasteiger partial charge in [0.2, 0.25) is 0 Å². The molecule has 57 heavy (non-hydrogen) atoms. The number of likely N-dealkylation sites (N-methyl/N-ethyl adjacent to an activating group) is 1. The number of nitrogens with zero attached hydrogens (tertiary/aromatic N) is 1. The second-order valence-electron chi connectivity index (χ2n) is 16.1. The van der Waals surface area contributed by atoms with E-state index in [9.17, 15) is 14.3 Å². The van der Waals surface area contributed by atoms with Gasteiger partial charge in [-0.3, -0.25) is 13.8 Å². The highest BCUT2D eigenvalue weighted by Crippen LogP contribution is 2.43. The van der Waals surface area contributed by atoms with Crippen LogP contribution in [0.2, 0.25) is 0 Å². The van der Waals surface area contributed by atoms with E-state index in [2.05, 4.69) is 62.5 Å². The number of hydrogen-bond donors (Lipinski definition) is 1. The highest BCUT2D eigenvalue weighted by molar-refractivity contribution is 7.47. The first-order valence-corrected chi connectivity index (χ1v) is 24.2. The van der Waals surface area contributed by atoms with E-state index in [1.807, 2.05) is 39.4 Å². The summed E-state index contributed by atoms with van der Waals surface area (Å²) in [4.78, 5) is 22.8. The van der Waals surface area contributed by atoms with Crippen LogP contribution in [0.15, 0.2) is 73.1 Å². The van der Waals surface area contributed by atoms with E-state index < -0.39 is 19.9 Å². The summed E-state index contributed by atoms with van der Waals surface area (Å²) in [6.07, 6.45) is 53.3. The van der Waals surface area contributed by atoms with Gasteiger partial charge in [0.15, 0.2) is 6.10 Å². The third-order valence-electron chi connectivity index (χ3n) is 9.35. The number of rotatable bonds is 41. The van der Waals surface area contributed by atoms with Gasteiger partial charge in [0.25, 0.3) is 0 Å². The Kier molecular flexibility index (Phi) is 39.0. The van der Waals surface area contributed by atoms with Gasteiger partial charge in [-0.2, -0.15) is 0 Å². The van der Waals surface area contributed by atoms with Gasteiger partial charge >= 0.3 is 13.8 Å². The summed E-state index contributed by atoms with van der Waals surface area (Å²) < 4.78 is 34.7. The highest BCUT2D eigenvalue weighted by Gasteiger charge is 2.26. The van der Waals surface area contributed by atoms with Crippen LogP contribution in [0.25, 0.3) is 0 Å². The minimum Gasteiger partial charge on any atom is -0.498 e. The smallest absolute Gasteiger partial charge is 0.472 e. The first-order valence-electron chi connectivity index (χ1n) is 22.7. The molecule has 0 aromatic heterocycles. The Morgan fingerprint density at radius 3 is 1.49 bits per heavy atom. The van der Waals surface area contributed by atoms with Gasteiger partial charge in [0.05, 0.1) is 34.0 Å². The minimum atomic E-state index is -4.31. The summed E-state index contributed by atoms with van der Waals surface area (Å²) in [7, 11) is 1.58. The molecule has 0 rings (SSSR count). The van der Waals surface area contributed by atoms with Crippen LogP contribution in [-0.2, 0) is 27.9 Å². The van der Waals surface area contributed by atoms with Gasteiger partial charge in [-0.25, -0.2) is 4.57 Å². The number of carbonyl (C=O) groups is 1. The third kappa shape index (κ3) is 44.7. The molecular formula is C48H87NO7P+. The van der Waals surface area contributed by atoms with Crippen molar-refractivity contribution in [1.82, 2.24) is 0 Å². The topological polar surface area (TPSA) is 91.3 Å². The maximum absolute atomic E-state index is 12.7. The molecule has 0 spiro atoms. The van der Waals surface area contributed by atoms with Crippen LogP contribution in [0, 0.1) is 0 Å². The molecule has 0 aromatic carbocycles. The maximum Gasteiger partial charge on any atom is 0.472 e. The molecule has 0 saturated heterocycles. The van der Waals surface area contributed by atoms with Crippen molar-refractivity contribution in [3.63, 3.8) is 0 Å². The molecule has 0 saturated carbocycles. The fourth-order valence-corrected chi connectivity index (χ4v) is 6.54. The van der Waals surface area contributed by atoms with E-state index in [1.165, 1.54) is 109 Å². The van der Waals surface area contributed by atoms with Gasteiger partial charge in [-0.05, 0) is 63.9 Å². The second-order valence-corrected chi connectivity index (χ2v) is 17.6. The summed E-state index contributed by atoms with van der Waals surface area (Å²) in [5, 5.41) is 0. The Bertz CT molecular complexity index is 1140. The number of carbonyl (C=O) groups excluding carboxylic acids is 1. The summed E-state index contributed by atoms with van der Waals surface area (Å²) >= 11 is 0. The summed E-state index contributed by atoms with van der Waals surface area (Å²) in [5.74, 6) is -0.417. The highest BCUT2D eigenvalue weighted by atomic mass is 31.2. The van der Waals surface area contributed by atoms with Crippen molar-refractivity contribution in [1.29, 1.82) is 0 Å². The largest absolute Gasteiger partial charge is 0.498 e. The molecule has 0 aromatic rings. The molecule has 330 valence electrons. The molecule has 0 bridgehead atoms. The third-order valence-corrected chi connectivity index (χ3v) is 10.3. The number of quaternary nitrogens is 1. The average molecular weight is 821 g/mol. The van der Waals surface area contributed by atoms with E-state index in [1.54, 1.807) is 6.26 Å². The molecule has 9 heteroatoms. The average Bonchev–Trinajstić information content (AvgIpc) is 3.16. The quantitative estimate of drug-likeness (QED) is 0.0164. The Morgan fingerprint density at radius 1 is 0.561 bits per heavy atom. The molecule has 2 unspecified atom stereocenters. The number of allylic oxidation sites excluding steroid dienone is 11. The zero-order valence-electron chi connectivity index (χ0n) is 37.3. The van der Waals surface area contributed by atoms with Crippen LogP contribution < -0.4 is 0 Å². The van der Waals surface area contributed by atoms with Gasteiger partial charge in [-0.1, -0.05) is 171 Å². The van der Waals surface area contributed by atoms with Crippen molar-refractivity contribution in [2.45, 2.75) is 180 Å². The van der Waals surface area contributed by atoms with E-state index in [4.69, 9.17) is 18.5 Å². The number of phosphoric ester groups is 1. The lowest BCUT2D eigenvalue weighted by atomic mass is 10.0. The molecule has 0 fully saturated rings. The summed E-state index contributed by atoms with van der Waals surface area (Å²) in [5.41, 5.74) is 0. The fourth-order valence-electron chi connectivity index (χ4n) is 5.79. The van der Waals surface area contributed by atoms with Gasteiger partial charge in [0.1, 0.15) is 19.8 Å². The normalized spacial score (nSPS) is 14.4. The van der Waals surface area contributed by atoms with Crippen molar-refractivity contribution in [3.05, 3.63) is 73.1 Å². The summed E-state index contributed by atoms with van der Waals surface area (Å²) in [6.45, 7) is 4.81. The Labute approximate surface area is 351 Å². The maximum atomic E-state index is 12.7. The molecule has 0 radical (unpaired) electrons. The van der Waals surface area contributed by atoms with Crippen molar-refractivity contribution in [2.24, 2.45) is 0 Å². The summed E-state index contributed by atoms with van der Waals surface area (Å²) in [6, 6.07) is 0. The SMILES string of the molecule is CCCCC/C=C\C/C=C\C/C=C\C/C=C\C/C=C\CCC(=O)OC(CO/C=C\CCCCCCCCCCCCCCCC)COP(=O)(O)OCC[N+](C)(C)C. The second kappa shape index (κ2) is 40.6. The molecule has 1 N–H and O–H groups in total. The van der Waals surface area contributed by atoms with Crippen LogP contribution >= 0.6 is 7.82 Å². The molecule has 0 amide bonds. The zero-order valence-corrected chi connectivity index (χ0v) is 38.2. The van der Waals surface area contributed by atoms with Crippen molar-refractivity contribution in [2.75, 3.05) is 47.5 Å². The molecule has 0 aliphatic heterocycles. The number of unbranched alkanes of at least 4 members (excludes halogenated alkanes) is 17. The number of phosphoric acid groups is 1. The molecular weight excluding hydrogens is 734 g/mol. The molecule has 0 heterocycles. The fraction of sp³-hybridized carbons (Fsp3) is 0.729. The first kappa shape index (κ1) is 54.8. The predicted octanol–water partition coefficient (Wildman–Crippen LogP) is 13.8. The van der Waals surface area contributed by atoms with Crippen LogP contribution in [-0.4, -0.2) is 69.0 Å². The Balaban J connectivity index is 4.41. The number of hydrogen-bond acceptors (Lipinski definition) is 6. The van der Waals surface area contributed by atoms with E-state index in [-0.39, 0.29) is 26.2 Å². The van der Waals surface area contributed by atoms with Crippen LogP contribution in [0.4, 0.5) is 0 Å². The lowest BCUT2D eigenvalue weighted by molar-refractivity contribution is -0.870. The van der Waals surface area contributed by atoms with Crippen molar-refractivity contribution < 1.29 is 37.3 Å². The van der Waals surface area contributed by atoms with Crippen LogP contribution in [0.1, 0.15) is 174 Å².